The molecule has 0 spiro atoms. The molecule has 0 aliphatic rings. The molecule has 4 nitrogen and oxygen atoms in total. The Hall–Kier alpha value is -1.13. The van der Waals surface area contributed by atoms with E-state index in [1.54, 1.807) is 6.07 Å². The molecule has 0 radical (unpaired) electrons. The van der Waals surface area contributed by atoms with E-state index in [9.17, 15) is 0 Å². The van der Waals surface area contributed by atoms with Crippen molar-refractivity contribution in [2.45, 2.75) is 20.0 Å². The molecule has 1 heterocycles. The number of hydrogen-bond acceptors (Lipinski definition) is 4. The predicted octanol–water partition coefficient (Wildman–Crippen LogP) is 0.644. The third kappa shape index (κ3) is 2.97. The lowest BCUT2D eigenvalue weighted by Crippen LogP contribution is -2.04. The zero-order chi connectivity index (χ0) is 10.4. The lowest BCUT2D eigenvalue weighted by atomic mass is 10.3. The highest BCUT2D eigenvalue weighted by Gasteiger charge is 2.03. The first-order valence-electron chi connectivity index (χ1n) is 4.59. The number of pyridine rings is 1. The van der Waals surface area contributed by atoms with Crippen molar-refractivity contribution >= 4 is 0 Å². The van der Waals surface area contributed by atoms with Crippen LogP contribution in [0.4, 0.5) is 0 Å². The van der Waals surface area contributed by atoms with Gasteiger partial charge in [-0.05, 0) is 19.1 Å². The summed E-state index contributed by atoms with van der Waals surface area (Å²) in [5.41, 5.74) is 1.39. The lowest BCUT2D eigenvalue weighted by Gasteiger charge is -2.08. The van der Waals surface area contributed by atoms with Gasteiger partial charge in [0.15, 0.2) is 0 Å². The van der Waals surface area contributed by atoms with Crippen LogP contribution in [0.25, 0.3) is 0 Å². The van der Waals surface area contributed by atoms with E-state index in [2.05, 4.69) is 4.98 Å². The zero-order valence-electron chi connectivity index (χ0n) is 8.23. The van der Waals surface area contributed by atoms with Gasteiger partial charge in [-0.25, -0.2) is 0 Å². The van der Waals surface area contributed by atoms with E-state index in [0.717, 1.165) is 5.69 Å². The van der Waals surface area contributed by atoms with Crippen molar-refractivity contribution in [3.8, 4) is 5.75 Å². The van der Waals surface area contributed by atoms with Crippen LogP contribution in [-0.4, -0.2) is 28.4 Å². The molecule has 0 atom stereocenters. The average molecular weight is 197 g/mol. The van der Waals surface area contributed by atoms with E-state index in [0.29, 0.717) is 24.5 Å². The minimum Gasteiger partial charge on any atom is -0.491 e. The van der Waals surface area contributed by atoms with Gasteiger partial charge < -0.3 is 14.9 Å². The molecule has 0 aliphatic heterocycles. The number of aliphatic hydroxyl groups is 2. The molecule has 0 saturated heterocycles. The fourth-order valence-corrected chi connectivity index (χ4v) is 1.09. The Balaban J connectivity index is 2.65. The van der Waals surface area contributed by atoms with Crippen molar-refractivity contribution in [2.24, 2.45) is 0 Å². The Kier molecular flexibility index (Phi) is 4.35. The Morgan fingerprint density at radius 3 is 2.79 bits per heavy atom. The van der Waals surface area contributed by atoms with E-state index in [4.69, 9.17) is 14.9 Å². The summed E-state index contributed by atoms with van der Waals surface area (Å²) in [6.45, 7) is 2.27. The number of nitrogens with zero attached hydrogens (tertiary/aromatic N) is 1. The molecule has 1 aromatic rings. The third-order valence-electron chi connectivity index (χ3n) is 1.78. The first-order chi connectivity index (χ1) is 6.77. The topological polar surface area (TPSA) is 62.6 Å². The number of ether oxygens (including phenoxy) is 1. The van der Waals surface area contributed by atoms with Crippen molar-refractivity contribution < 1.29 is 14.9 Å². The van der Waals surface area contributed by atoms with Gasteiger partial charge in [0.2, 0.25) is 0 Å². The molecule has 0 saturated carbocycles. The van der Waals surface area contributed by atoms with Crippen molar-refractivity contribution in [1.82, 2.24) is 4.98 Å². The van der Waals surface area contributed by atoms with Gasteiger partial charge in [0.05, 0.1) is 13.2 Å². The first kappa shape index (κ1) is 10.9. The number of rotatable bonds is 5. The van der Waals surface area contributed by atoms with Gasteiger partial charge in [0.25, 0.3) is 0 Å². The van der Waals surface area contributed by atoms with Crippen molar-refractivity contribution in [3.63, 3.8) is 0 Å². The standard InChI is InChI=1S/C10H15NO3/c1-8-3-4-10(9(7-13)11-8)14-6-2-5-12/h3-4,12-13H,2,5-7H2,1H3. The summed E-state index contributed by atoms with van der Waals surface area (Å²) in [6.07, 6.45) is 0.582. The summed E-state index contributed by atoms with van der Waals surface area (Å²) in [6, 6.07) is 3.61. The van der Waals surface area contributed by atoms with Gasteiger partial charge in [0, 0.05) is 18.7 Å². The Morgan fingerprint density at radius 2 is 2.14 bits per heavy atom. The third-order valence-corrected chi connectivity index (χ3v) is 1.78. The summed E-state index contributed by atoms with van der Waals surface area (Å²) in [5.74, 6) is 0.589. The molecule has 0 amide bonds. The molecular formula is C10H15NO3. The highest BCUT2D eigenvalue weighted by atomic mass is 16.5. The smallest absolute Gasteiger partial charge is 0.143 e. The van der Waals surface area contributed by atoms with Gasteiger partial charge in [-0.15, -0.1) is 0 Å². The maximum absolute atomic E-state index is 9.01. The molecule has 0 unspecified atom stereocenters. The van der Waals surface area contributed by atoms with Crippen LogP contribution in [0.5, 0.6) is 5.75 Å². The van der Waals surface area contributed by atoms with Gasteiger partial charge in [-0.2, -0.15) is 0 Å². The van der Waals surface area contributed by atoms with Crippen LogP contribution in [-0.2, 0) is 6.61 Å². The Morgan fingerprint density at radius 1 is 1.36 bits per heavy atom. The van der Waals surface area contributed by atoms with E-state index in [1.165, 1.54) is 0 Å². The van der Waals surface area contributed by atoms with E-state index < -0.39 is 0 Å². The van der Waals surface area contributed by atoms with Crippen molar-refractivity contribution in [1.29, 1.82) is 0 Å². The molecule has 0 aliphatic carbocycles. The number of aliphatic hydroxyl groups excluding tert-OH is 2. The molecule has 2 N–H and O–H groups in total. The largest absolute Gasteiger partial charge is 0.491 e. The monoisotopic (exact) mass is 197 g/mol. The van der Waals surface area contributed by atoms with Gasteiger partial charge in [-0.1, -0.05) is 0 Å². The summed E-state index contributed by atoms with van der Waals surface area (Å²) in [7, 11) is 0. The van der Waals surface area contributed by atoms with Crippen LogP contribution in [0.3, 0.4) is 0 Å². The van der Waals surface area contributed by atoms with Crippen LogP contribution in [0.1, 0.15) is 17.8 Å². The molecule has 0 aromatic carbocycles. The van der Waals surface area contributed by atoms with Crippen LogP contribution >= 0.6 is 0 Å². The molecule has 4 heteroatoms. The molecule has 0 bridgehead atoms. The SMILES string of the molecule is Cc1ccc(OCCCO)c(CO)n1. The second-order valence-electron chi connectivity index (χ2n) is 2.98. The maximum Gasteiger partial charge on any atom is 0.143 e. The van der Waals surface area contributed by atoms with Crippen molar-refractivity contribution in [2.75, 3.05) is 13.2 Å². The lowest BCUT2D eigenvalue weighted by molar-refractivity contribution is 0.224. The highest BCUT2D eigenvalue weighted by Crippen LogP contribution is 2.16. The van der Waals surface area contributed by atoms with Gasteiger partial charge >= 0.3 is 0 Å². The second kappa shape index (κ2) is 5.57. The molecule has 78 valence electrons. The van der Waals surface area contributed by atoms with Gasteiger partial charge in [-0.3, -0.25) is 4.98 Å². The minimum absolute atomic E-state index is 0.105. The number of aryl methyl sites for hydroxylation is 1. The molecule has 1 rings (SSSR count). The highest BCUT2D eigenvalue weighted by molar-refractivity contribution is 5.28. The summed E-state index contributed by atoms with van der Waals surface area (Å²) >= 11 is 0. The van der Waals surface area contributed by atoms with E-state index in [-0.39, 0.29) is 13.2 Å². The second-order valence-corrected chi connectivity index (χ2v) is 2.98. The molecular weight excluding hydrogens is 182 g/mol. The van der Waals surface area contributed by atoms with E-state index in [1.807, 2.05) is 13.0 Å². The number of hydrogen-bond donors (Lipinski definition) is 2. The van der Waals surface area contributed by atoms with Crippen molar-refractivity contribution in [3.05, 3.63) is 23.5 Å². The van der Waals surface area contributed by atoms with Gasteiger partial charge in [0.1, 0.15) is 11.4 Å². The summed E-state index contributed by atoms with van der Waals surface area (Å²) in [4.78, 5) is 4.13. The van der Waals surface area contributed by atoms with Crippen LogP contribution in [0.2, 0.25) is 0 Å². The van der Waals surface area contributed by atoms with Crippen LogP contribution < -0.4 is 4.74 Å². The first-order valence-corrected chi connectivity index (χ1v) is 4.59. The van der Waals surface area contributed by atoms with Crippen LogP contribution in [0.15, 0.2) is 12.1 Å². The predicted molar refractivity (Wildman–Crippen MR) is 52.1 cm³/mol. The molecule has 1 aromatic heterocycles. The molecule has 14 heavy (non-hydrogen) atoms. The Bertz CT molecular complexity index is 289. The number of aromatic nitrogens is 1. The fourth-order valence-electron chi connectivity index (χ4n) is 1.09. The average Bonchev–Trinajstić information content (AvgIpc) is 2.20. The van der Waals surface area contributed by atoms with E-state index >= 15 is 0 Å². The minimum atomic E-state index is -0.129. The summed E-state index contributed by atoms with van der Waals surface area (Å²) < 4.78 is 5.34. The normalized spacial score (nSPS) is 10.2. The van der Waals surface area contributed by atoms with Crippen LogP contribution in [0, 0.1) is 6.92 Å². The zero-order valence-corrected chi connectivity index (χ0v) is 8.23. The summed E-state index contributed by atoms with van der Waals surface area (Å²) in [5, 5.41) is 17.6. The quantitative estimate of drug-likeness (QED) is 0.680. The Labute approximate surface area is 83.2 Å². The molecule has 0 fully saturated rings. The maximum atomic E-state index is 9.01. The fraction of sp³-hybridized carbons (Fsp3) is 0.500.